The van der Waals surface area contributed by atoms with Crippen LogP contribution in [-0.2, 0) is 11.3 Å². The lowest BCUT2D eigenvalue weighted by Gasteiger charge is -2.41. The number of amides is 1. The minimum atomic E-state index is -0.442. The molecular formula is C19H30N2O2. The molecule has 1 amide bonds. The minimum Gasteiger partial charge on any atom is -0.444 e. The van der Waals surface area contributed by atoms with Crippen LogP contribution in [0.25, 0.3) is 0 Å². The highest BCUT2D eigenvalue weighted by molar-refractivity contribution is 5.68. The maximum atomic E-state index is 12.3. The molecule has 0 saturated carbocycles. The Morgan fingerprint density at radius 3 is 2.52 bits per heavy atom. The Bertz CT molecular complexity index is 510. The predicted octanol–water partition coefficient (Wildman–Crippen LogP) is 3.76. The van der Waals surface area contributed by atoms with E-state index in [-0.39, 0.29) is 12.1 Å². The van der Waals surface area contributed by atoms with Gasteiger partial charge in [0.15, 0.2) is 0 Å². The van der Waals surface area contributed by atoms with Crippen LogP contribution in [-0.4, -0.2) is 47.7 Å². The summed E-state index contributed by atoms with van der Waals surface area (Å²) in [6, 6.07) is 10.8. The molecule has 0 radical (unpaired) electrons. The summed E-state index contributed by atoms with van der Waals surface area (Å²) in [5.74, 6) is 0.435. The summed E-state index contributed by atoms with van der Waals surface area (Å²) in [7, 11) is 1.86. The normalized spacial score (nSPS) is 22.7. The van der Waals surface area contributed by atoms with Crippen LogP contribution < -0.4 is 0 Å². The van der Waals surface area contributed by atoms with Crippen molar-refractivity contribution >= 4 is 6.09 Å². The largest absolute Gasteiger partial charge is 0.444 e. The predicted molar refractivity (Wildman–Crippen MR) is 93.3 cm³/mol. The van der Waals surface area contributed by atoms with Crippen LogP contribution in [0.3, 0.4) is 0 Å². The molecule has 23 heavy (non-hydrogen) atoms. The number of nitrogens with zero attached hydrogens (tertiary/aromatic N) is 2. The first-order valence-electron chi connectivity index (χ1n) is 8.48. The third kappa shape index (κ3) is 5.24. The molecule has 4 nitrogen and oxygen atoms in total. The maximum absolute atomic E-state index is 12.3. The molecule has 0 unspecified atom stereocenters. The highest BCUT2D eigenvalue weighted by atomic mass is 16.6. The Morgan fingerprint density at radius 1 is 1.30 bits per heavy atom. The molecule has 2 rings (SSSR count). The Labute approximate surface area is 140 Å². The van der Waals surface area contributed by atoms with Crippen LogP contribution in [0.4, 0.5) is 4.79 Å². The molecule has 0 spiro atoms. The molecule has 0 aromatic heterocycles. The fourth-order valence-corrected chi connectivity index (χ4v) is 3.25. The van der Waals surface area contributed by atoms with Gasteiger partial charge in [-0.05, 0) is 38.7 Å². The van der Waals surface area contributed by atoms with E-state index in [9.17, 15) is 4.79 Å². The van der Waals surface area contributed by atoms with E-state index in [0.717, 1.165) is 26.1 Å². The molecule has 1 heterocycles. The van der Waals surface area contributed by atoms with Crippen LogP contribution in [0.2, 0.25) is 0 Å². The Kier molecular flexibility index (Phi) is 5.69. The molecule has 1 saturated heterocycles. The summed E-state index contributed by atoms with van der Waals surface area (Å²) >= 11 is 0. The van der Waals surface area contributed by atoms with Gasteiger partial charge in [0, 0.05) is 32.7 Å². The summed E-state index contributed by atoms with van der Waals surface area (Å²) in [6.45, 7) is 10.9. The van der Waals surface area contributed by atoms with Crippen LogP contribution in [0.5, 0.6) is 0 Å². The van der Waals surface area contributed by atoms with Crippen molar-refractivity contribution in [2.24, 2.45) is 5.92 Å². The number of carbonyl (C=O) groups is 1. The lowest BCUT2D eigenvalue weighted by atomic mass is 9.92. The molecule has 4 heteroatoms. The van der Waals surface area contributed by atoms with Crippen molar-refractivity contribution in [3.63, 3.8) is 0 Å². The Balaban J connectivity index is 1.89. The Morgan fingerprint density at radius 2 is 1.96 bits per heavy atom. The molecule has 128 valence electrons. The first kappa shape index (κ1) is 17.8. The molecule has 1 aromatic rings. The number of carbonyl (C=O) groups excluding carboxylic acids is 1. The highest BCUT2D eigenvalue weighted by Crippen LogP contribution is 2.24. The molecule has 1 aromatic carbocycles. The van der Waals surface area contributed by atoms with E-state index in [1.165, 1.54) is 5.56 Å². The van der Waals surface area contributed by atoms with E-state index < -0.39 is 5.60 Å². The zero-order chi connectivity index (χ0) is 17.0. The summed E-state index contributed by atoms with van der Waals surface area (Å²) in [5.41, 5.74) is 0.904. The van der Waals surface area contributed by atoms with Crippen LogP contribution >= 0.6 is 0 Å². The molecular weight excluding hydrogens is 288 g/mol. The quantitative estimate of drug-likeness (QED) is 0.850. The average Bonchev–Trinajstić information content (AvgIpc) is 2.46. The number of hydrogen-bond acceptors (Lipinski definition) is 3. The van der Waals surface area contributed by atoms with Crippen LogP contribution in [0.15, 0.2) is 30.3 Å². The van der Waals surface area contributed by atoms with Crippen molar-refractivity contribution in [3.8, 4) is 0 Å². The van der Waals surface area contributed by atoms with Crippen molar-refractivity contribution in [1.29, 1.82) is 0 Å². The van der Waals surface area contributed by atoms with Gasteiger partial charge in [0.1, 0.15) is 5.60 Å². The van der Waals surface area contributed by atoms with Gasteiger partial charge in [-0.1, -0.05) is 37.3 Å². The number of benzene rings is 1. The van der Waals surface area contributed by atoms with Gasteiger partial charge in [-0.15, -0.1) is 0 Å². The van der Waals surface area contributed by atoms with E-state index in [0.29, 0.717) is 5.92 Å². The zero-order valence-electron chi connectivity index (χ0n) is 15.1. The number of likely N-dealkylation sites (tertiary alicyclic amines) is 1. The molecule has 1 aliphatic rings. The van der Waals surface area contributed by atoms with Crippen molar-refractivity contribution in [2.45, 2.75) is 52.3 Å². The van der Waals surface area contributed by atoms with E-state index in [1.807, 2.05) is 33.9 Å². The SMILES string of the molecule is C[C@H]1CN(Cc2ccccc2)CC[C@@H]1N(C)C(=O)OC(C)(C)C. The van der Waals surface area contributed by atoms with Gasteiger partial charge in [0.2, 0.25) is 0 Å². The monoisotopic (exact) mass is 318 g/mol. The topological polar surface area (TPSA) is 32.8 Å². The van der Waals surface area contributed by atoms with Crippen molar-refractivity contribution < 1.29 is 9.53 Å². The summed E-state index contributed by atoms with van der Waals surface area (Å²) in [5, 5.41) is 0. The Hall–Kier alpha value is -1.55. The third-order valence-corrected chi connectivity index (χ3v) is 4.37. The van der Waals surface area contributed by atoms with Gasteiger partial charge in [0.05, 0.1) is 0 Å². The summed E-state index contributed by atoms with van der Waals surface area (Å²) < 4.78 is 5.50. The molecule has 2 atom stereocenters. The maximum Gasteiger partial charge on any atom is 0.410 e. The van der Waals surface area contributed by atoms with E-state index in [2.05, 4.69) is 36.1 Å². The lowest BCUT2D eigenvalue weighted by Crippen LogP contribution is -2.51. The van der Waals surface area contributed by atoms with Crippen molar-refractivity contribution in [3.05, 3.63) is 35.9 Å². The molecule has 0 aliphatic carbocycles. The van der Waals surface area contributed by atoms with Crippen molar-refractivity contribution in [2.75, 3.05) is 20.1 Å². The second kappa shape index (κ2) is 7.35. The van der Waals surface area contributed by atoms with Gasteiger partial charge in [-0.2, -0.15) is 0 Å². The molecule has 1 aliphatic heterocycles. The van der Waals surface area contributed by atoms with E-state index in [1.54, 1.807) is 4.90 Å². The van der Waals surface area contributed by atoms with Gasteiger partial charge in [-0.3, -0.25) is 4.90 Å². The van der Waals surface area contributed by atoms with Crippen LogP contribution in [0.1, 0.15) is 39.7 Å². The van der Waals surface area contributed by atoms with Gasteiger partial charge in [-0.25, -0.2) is 4.79 Å². The fraction of sp³-hybridized carbons (Fsp3) is 0.632. The second-order valence-electron chi connectivity index (χ2n) is 7.65. The number of hydrogen-bond donors (Lipinski definition) is 0. The standard InChI is InChI=1S/C19H30N2O2/c1-15-13-21(14-16-9-7-6-8-10-16)12-11-17(15)20(5)18(22)23-19(2,3)4/h6-10,15,17H,11-14H2,1-5H3/t15-,17-/m0/s1. The van der Waals surface area contributed by atoms with Gasteiger partial charge >= 0.3 is 6.09 Å². The summed E-state index contributed by atoms with van der Waals surface area (Å²) in [4.78, 5) is 16.5. The average molecular weight is 318 g/mol. The fourth-order valence-electron chi connectivity index (χ4n) is 3.25. The second-order valence-corrected chi connectivity index (χ2v) is 7.65. The smallest absolute Gasteiger partial charge is 0.410 e. The number of rotatable bonds is 3. The van der Waals surface area contributed by atoms with Gasteiger partial charge in [0.25, 0.3) is 0 Å². The lowest BCUT2D eigenvalue weighted by molar-refractivity contribution is 0.00537. The summed E-state index contributed by atoms with van der Waals surface area (Å²) in [6.07, 6.45) is 0.773. The molecule has 0 N–H and O–H groups in total. The minimum absolute atomic E-state index is 0.217. The molecule has 0 bridgehead atoms. The van der Waals surface area contributed by atoms with Crippen molar-refractivity contribution in [1.82, 2.24) is 9.80 Å². The first-order chi connectivity index (χ1) is 10.8. The molecule has 1 fully saturated rings. The van der Waals surface area contributed by atoms with E-state index >= 15 is 0 Å². The number of ether oxygens (including phenoxy) is 1. The van der Waals surface area contributed by atoms with Gasteiger partial charge < -0.3 is 9.64 Å². The number of piperidine rings is 1. The van der Waals surface area contributed by atoms with Crippen LogP contribution in [0, 0.1) is 5.92 Å². The zero-order valence-corrected chi connectivity index (χ0v) is 15.1. The third-order valence-electron chi connectivity index (χ3n) is 4.37. The van der Waals surface area contributed by atoms with E-state index in [4.69, 9.17) is 4.74 Å². The first-order valence-corrected chi connectivity index (χ1v) is 8.48. The highest BCUT2D eigenvalue weighted by Gasteiger charge is 2.33.